The van der Waals surface area contributed by atoms with E-state index in [1.54, 1.807) is 27.7 Å². The molecule has 2 heterocycles. The van der Waals surface area contributed by atoms with Crippen LogP contribution in [0.4, 0.5) is 0 Å². The molecule has 216 valence electrons. The van der Waals surface area contributed by atoms with Gasteiger partial charge in [0, 0.05) is 0 Å². The molecule has 0 saturated carbocycles. The third kappa shape index (κ3) is 7.77. The van der Waals surface area contributed by atoms with Crippen LogP contribution in [0.3, 0.4) is 0 Å². The van der Waals surface area contributed by atoms with Crippen LogP contribution in [-0.2, 0) is 33.3 Å². The highest BCUT2D eigenvalue weighted by Crippen LogP contribution is 2.29. The van der Waals surface area contributed by atoms with E-state index in [2.05, 4.69) is 0 Å². The van der Waals surface area contributed by atoms with E-state index in [0.717, 1.165) is 0 Å². The van der Waals surface area contributed by atoms with Crippen LogP contribution in [0.5, 0.6) is 0 Å². The SMILES string of the molecule is CC(C)[C@H](N)C(=O)OC[C@H]1O[C@H](O[C@H]2[C@H](O)[C@@H](O)C(O)O[C@@H]2COC(=O)[C@@H](N)C(C)C)[C@H](O)[C@@H](O)[C@@H]1O. The molecule has 37 heavy (non-hydrogen) atoms. The first-order chi connectivity index (χ1) is 17.2. The second-order valence-corrected chi connectivity index (χ2v) is 9.96. The Morgan fingerprint density at radius 3 is 1.68 bits per heavy atom. The van der Waals surface area contributed by atoms with E-state index in [1.807, 2.05) is 0 Å². The van der Waals surface area contributed by atoms with Crippen molar-refractivity contribution in [3.05, 3.63) is 0 Å². The average Bonchev–Trinajstić information content (AvgIpc) is 2.85. The Labute approximate surface area is 214 Å². The van der Waals surface area contributed by atoms with Crippen molar-refractivity contribution >= 4 is 11.9 Å². The van der Waals surface area contributed by atoms with Crippen molar-refractivity contribution in [1.82, 2.24) is 0 Å². The maximum Gasteiger partial charge on any atom is 0.323 e. The van der Waals surface area contributed by atoms with Gasteiger partial charge in [-0.05, 0) is 11.8 Å². The van der Waals surface area contributed by atoms with Gasteiger partial charge in [0.25, 0.3) is 0 Å². The van der Waals surface area contributed by atoms with Crippen molar-refractivity contribution in [2.24, 2.45) is 23.3 Å². The standard InChI is InChI=1S/C22H40N2O13/c1-7(2)11(23)19(30)33-5-9-13(25)14(26)17(29)22(36-9)37-18-10(35-21(32)16(28)15(18)27)6-34-20(31)12(24)8(3)4/h7-18,21-22,25-29,32H,5-6,23-24H2,1-4H3/t9-,10-,11+,12+,13-,14+,15-,16-,17-,18-,21?,22-/m1/s1. The first-order valence-corrected chi connectivity index (χ1v) is 12.1. The third-order valence-corrected chi connectivity index (χ3v) is 6.38. The fourth-order valence-corrected chi connectivity index (χ4v) is 3.61. The smallest absolute Gasteiger partial charge is 0.323 e. The van der Waals surface area contributed by atoms with Gasteiger partial charge in [-0.3, -0.25) is 9.59 Å². The Balaban J connectivity index is 2.13. The second-order valence-electron chi connectivity index (χ2n) is 9.96. The molecule has 0 aromatic heterocycles. The number of aliphatic hydroxyl groups excluding tert-OH is 6. The van der Waals surface area contributed by atoms with E-state index >= 15 is 0 Å². The molecule has 0 aromatic rings. The van der Waals surface area contributed by atoms with Gasteiger partial charge >= 0.3 is 11.9 Å². The summed E-state index contributed by atoms with van der Waals surface area (Å²) in [5, 5.41) is 61.5. The highest BCUT2D eigenvalue weighted by Gasteiger charge is 2.51. The summed E-state index contributed by atoms with van der Waals surface area (Å²) >= 11 is 0. The highest BCUT2D eigenvalue weighted by molar-refractivity contribution is 5.76. The summed E-state index contributed by atoms with van der Waals surface area (Å²) in [6, 6.07) is -1.91. The fraction of sp³-hybridized carbons (Fsp3) is 0.909. The molecule has 2 aliphatic rings. The Morgan fingerprint density at radius 1 is 0.703 bits per heavy atom. The number of hydrogen-bond acceptors (Lipinski definition) is 15. The van der Waals surface area contributed by atoms with Gasteiger partial charge in [0.2, 0.25) is 0 Å². The molecule has 0 spiro atoms. The van der Waals surface area contributed by atoms with Crippen LogP contribution < -0.4 is 11.5 Å². The Morgan fingerprint density at radius 2 is 1.19 bits per heavy atom. The number of nitrogens with two attached hydrogens (primary N) is 2. The summed E-state index contributed by atoms with van der Waals surface area (Å²) in [4.78, 5) is 24.2. The summed E-state index contributed by atoms with van der Waals surface area (Å²) in [7, 11) is 0. The summed E-state index contributed by atoms with van der Waals surface area (Å²) in [5.74, 6) is -2.05. The van der Waals surface area contributed by atoms with Crippen LogP contribution in [0.2, 0.25) is 0 Å². The van der Waals surface area contributed by atoms with Crippen LogP contribution in [0, 0.1) is 11.8 Å². The average molecular weight is 541 g/mol. The normalized spacial score (nSPS) is 38.3. The number of hydrogen-bond donors (Lipinski definition) is 8. The zero-order chi connectivity index (χ0) is 28.2. The van der Waals surface area contributed by atoms with Crippen LogP contribution in [0.15, 0.2) is 0 Å². The van der Waals surface area contributed by atoms with Gasteiger partial charge in [0.1, 0.15) is 74.1 Å². The maximum absolute atomic E-state index is 12.1. The van der Waals surface area contributed by atoms with Gasteiger partial charge < -0.3 is 65.8 Å². The lowest BCUT2D eigenvalue weighted by atomic mass is 9.97. The summed E-state index contributed by atoms with van der Waals surface area (Å²) < 4.78 is 26.5. The van der Waals surface area contributed by atoms with Gasteiger partial charge in [0.15, 0.2) is 12.6 Å². The number of carbonyl (C=O) groups is 2. The maximum atomic E-state index is 12.1. The molecule has 0 radical (unpaired) electrons. The van der Waals surface area contributed by atoms with Crippen molar-refractivity contribution in [1.29, 1.82) is 0 Å². The predicted molar refractivity (Wildman–Crippen MR) is 122 cm³/mol. The lowest BCUT2D eigenvalue weighted by Crippen LogP contribution is -2.64. The molecule has 0 aromatic carbocycles. The monoisotopic (exact) mass is 540 g/mol. The van der Waals surface area contributed by atoms with Crippen LogP contribution >= 0.6 is 0 Å². The molecule has 0 amide bonds. The molecule has 1 unspecified atom stereocenters. The van der Waals surface area contributed by atoms with Crippen molar-refractivity contribution in [2.45, 2.75) is 101 Å². The van der Waals surface area contributed by atoms with Gasteiger partial charge in [-0.15, -0.1) is 0 Å². The second kappa shape index (κ2) is 13.5. The minimum absolute atomic E-state index is 0.233. The summed E-state index contributed by atoms with van der Waals surface area (Å²) in [6.07, 6.45) is -16.9. The molecule has 2 fully saturated rings. The van der Waals surface area contributed by atoms with E-state index < -0.39 is 98.6 Å². The van der Waals surface area contributed by atoms with E-state index in [1.165, 1.54) is 0 Å². The molecular weight excluding hydrogens is 500 g/mol. The number of aliphatic hydroxyl groups is 6. The molecular formula is C22H40N2O13. The summed E-state index contributed by atoms with van der Waals surface area (Å²) in [5.41, 5.74) is 11.5. The van der Waals surface area contributed by atoms with Crippen LogP contribution in [0.25, 0.3) is 0 Å². The first kappa shape index (κ1) is 31.7. The molecule has 10 N–H and O–H groups in total. The molecule has 2 saturated heterocycles. The minimum atomic E-state index is -1.86. The minimum Gasteiger partial charge on any atom is -0.462 e. The fourth-order valence-electron chi connectivity index (χ4n) is 3.61. The largest absolute Gasteiger partial charge is 0.462 e. The first-order valence-electron chi connectivity index (χ1n) is 12.1. The van der Waals surface area contributed by atoms with Crippen molar-refractivity contribution in [3.8, 4) is 0 Å². The van der Waals surface area contributed by atoms with Crippen molar-refractivity contribution < 1.29 is 63.9 Å². The van der Waals surface area contributed by atoms with Gasteiger partial charge in [-0.2, -0.15) is 0 Å². The Bertz CT molecular complexity index is 756. The molecule has 12 atom stereocenters. The quantitative estimate of drug-likeness (QED) is 0.122. The van der Waals surface area contributed by atoms with Gasteiger partial charge in [0.05, 0.1) is 0 Å². The third-order valence-electron chi connectivity index (χ3n) is 6.38. The highest BCUT2D eigenvalue weighted by atomic mass is 16.7. The van der Waals surface area contributed by atoms with Crippen LogP contribution in [-0.4, -0.2) is 129 Å². The van der Waals surface area contributed by atoms with Crippen molar-refractivity contribution in [2.75, 3.05) is 13.2 Å². The lowest BCUT2D eigenvalue weighted by Gasteiger charge is -2.45. The van der Waals surface area contributed by atoms with Crippen LogP contribution in [0.1, 0.15) is 27.7 Å². The lowest BCUT2D eigenvalue weighted by molar-refractivity contribution is -0.355. The zero-order valence-corrected chi connectivity index (χ0v) is 21.2. The molecule has 0 bridgehead atoms. The topological polar surface area (TPSA) is 254 Å². The van der Waals surface area contributed by atoms with E-state index in [4.69, 9.17) is 35.2 Å². The predicted octanol–water partition coefficient (Wildman–Crippen LogP) is -4.33. The molecule has 15 heteroatoms. The number of rotatable bonds is 10. The summed E-state index contributed by atoms with van der Waals surface area (Å²) in [6.45, 7) is 5.69. The number of carbonyl (C=O) groups excluding carboxylic acids is 2. The molecule has 0 aliphatic carbocycles. The number of esters is 2. The molecule has 2 rings (SSSR count). The Kier molecular flexibility index (Phi) is 11.6. The Hall–Kier alpha value is -1.50. The van der Waals surface area contributed by atoms with Gasteiger partial charge in [-0.1, -0.05) is 27.7 Å². The van der Waals surface area contributed by atoms with E-state index in [0.29, 0.717) is 0 Å². The van der Waals surface area contributed by atoms with Gasteiger partial charge in [-0.25, -0.2) is 0 Å². The molecule has 15 nitrogen and oxygen atoms in total. The van der Waals surface area contributed by atoms with E-state index in [9.17, 15) is 40.2 Å². The van der Waals surface area contributed by atoms with Crippen molar-refractivity contribution in [3.63, 3.8) is 0 Å². The van der Waals surface area contributed by atoms with E-state index in [-0.39, 0.29) is 11.8 Å². The molecule has 2 aliphatic heterocycles. The zero-order valence-electron chi connectivity index (χ0n) is 21.2. The number of ether oxygens (including phenoxy) is 5.